The largest absolute Gasteiger partial charge is 0.506 e. The lowest BCUT2D eigenvalue weighted by molar-refractivity contribution is -0.111. The van der Waals surface area contributed by atoms with E-state index in [1.807, 2.05) is 6.07 Å². The van der Waals surface area contributed by atoms with Crippen molar-refractivity contribution in [3.63, 3.8) is 0 Å². The quantitative estimate of drug-likeness (QED) is 0.476. The van der Waals surface area contributed by atoms with E-state index >= 15 is 0 Å². The Labute approximate surface area is 160 Å². The molecule has 0 aliphatic rings. The number of carbonyl (C=O) groups excluding carboxylic acids is 1. The van der Waals surface area contributed by atoms with Crippen LogP contribution in [0.4, 0.5) is 10.8 Å². The first-order valence-electron chi connectivity index (χ1n) is 8.09. The van der Waals surface area contributed by atoms with Crippen LogP contribution >= 0.6 is 11.3 Å². The van der Waals surface area contributed by atoms with Crippen LogP contribution in [0.5, 0.6) is 11.5 Å². The molecule has 0 unspecified atom stereocenters. The first-order valence-corrected chi connectivity index (χ1v) is 8.91. The maximum atomic E-state index is 11.6. The van der Waals surface area contributed by atoms with E-state index in [1.54, 1.807) is 43.3 Å². The number of amides is 1. The Morgan fingerprint density at radius 3 is 3.07 bits per heavy atom. The summed E-state index contributed by atoms with van der Waals surface area (Å²) in [6.45, 7) is 1.94. The van der Waals surface area contributed by atoms with Gasteiger partial charge in [-0.05, 0) is 37.3 Å². The molecule has 136 valence electrons. The summed E-state index contributed by atoms with van der Waals surface area (Å²) in [5.41, 5.74) is 7.44. The van der Waals surface area contributed by atoms with Crippen molar-refractivity contribution in [2.75, 3.05) is 17.7 Å². The van der Waals surface area contributed by atoms with Crippen molar-refractivity contribution in [2.24, 2.45) is 0 Å². The number of fused-ring (bicyclic) bond motifs is 1. The highest BCUT2D eigenvalue weighted by molar-refractivity contribution is 7.22. The Bertz CT molecular complexity index is 1080. The monoisotopic (exact) mass is 379 g/mol. The number of anilines is 2. The predicted molar refractivity (Wildman–Crippen MR) is 108 cm³/mol. The number of benzene rings is 2. The molecule has 0 saturated carbocycles. The Hall–Kier alpha value is -3.50. The lowest BCUT2D eigenvalue weighted by atomic mass is 10.2. The molecular weight excluding hydrogens is 362 g/mol. The number of hydrogen-bond donors (Lipinski definition) is 3. The van der Waals surface area contributed by atoms with Gasteiger partial charge in [0.15, 0.2) is 5.13 Å². The normalized spacial score (nSPS) is 10.6. The summed E-state index contributed by atoms with van der Waals surface area (Å²) in [4.78, 5) is 15.6. The lowest BCUT2D eigenvalue weighted by Gasteiger charge is -2.06. The number of carbonyl (C=O) groups is 1. The fraction of sp³-hybridized carbons (Fsp3) is 0.100. The van der Waals surface area contributed by atoms with E-state index in [4.69, 9.17) is 10.5 Å². The molecule has 0 spiro atoms. The molecule has 1 heterocycles. The number of phenolic OH excluding ortho intramolecular Hbond substituents is 1. The molecule has 1 amide bonds. The van der Waals surface area contributed by atoms with Crippen LogP contribution in [0.25, 0.3) is 10.2 Å². The second kappa shape index (κ2) is 8.25. The summed E-state index contributed by atoms with van der Waals surface area (Å²) >= 11 is 1.29. The van der Waals surface area contributed by atoms with Crippen molar-refractivity contribution in [2.45, 2.75) is 6.92 Å². The van der Waals surface area contributed by atoms with Gasteiger partial charge < -0.3 is 20.9 Å². The molecule has 0 fully saturated rings. The molecule has 2 aromatic carbocycles. The molecule has 0 aliphatic carbocycles. The predicted octanol–water partition coefficient (Wildman–Crippen LogP) is 3.53. The summed E-state index contributed by atoms with van der Waals surface area (Å²) < 4.78 is 6.38. The third-order valence-electron chi connectivity index (χ3n) is 3.45. The number of nitrogens with zero attached hydrogens (tertiary/aromatic N) is 1. The van der Waals surface area contributed by atoms with Crippen LogP contribution < -0.4 is 15.8 Å². The first-order chi connectivity index (χ1) is 13.0. The third-order valence-corrected chi connectivity index (χ3v) is 4.29. The number of nitrogens with two attached hydrogens (primary N) is 1. The number of hydrogen-bond acceptors (Lipinski definition) is 6. The van der Waals surface area contributed by atoms with Gasteiger partial charge in [0, 0.05) is 17.3 Å². The molecule has 3 aromatic rings. The fourth-order valence-corrected chi connectivity index (χ4v) is 3.15. The maximum absolute atomic E-state index is 11.6. The minimum atomic E-state index is -0.201. The average molecular weight is 379 g/mol. The van der Waals surface area contributed by atoms with E-state index in [1.165, 1.54) is 17.4 Å². The maximum Gasteiger partial charge on any atom is 0.248 e. The average Bonchev–Trinajstić information content (AvgIpc) is 3.00. The number of aromatic hydroxyl groups is 1. The molecule has 7 heteroatoms. The van der Waals surface area contributed by atoms with Gasteiger partial charge >= 0.3 is 0 Å². The number of phenols is 1. The summed E-state index contributed by atoms with van der Waals surface area (Å²) in [5, 5.41) is 13.1. The molecule has 0 aliphatic heterocycles. The highest BCUT2D eigenvalue weighted by atomic mass is 32.1. The molecule has 4 N–H and O–H groups in total. The second-order valence-corrected chi connectivity index (χ2v) is 6.56. The molecule has 0 bridgehead atoms. The van der Waals surface area contributed by atoms with E-state index in [9.17, 15) is 9.90 Å². The molecule has 27 heavy (non-hydrogen) atoms. The number of nitrogen functional groups attached to an aromatic ring is 1. The highest BCUT2D eigenvalue weighted by Gasteiger charge is 2.07. The van der Waals surface area contributed by atoms with Crippen LogP contribution in [-0.2, 0) is 4.79 Å². The minimum absolute atomic E-state index is 0.0511. The molecule has 0 atom stereocenters. The van der Waals surface area contributed by atoms with Gasteiger partial charge in [-0.3, -0.25) is 4.79 Å². The van der Waals surface area contributed by atoms with Crippen LogP contribution in [0.3, 0.4) is 0 Å². The van der Waals surface area contributed by atoms with Gasteiger partial charge in [0.2, 0.25) is 5.91 Å². The number of thiazole rings is 1. The van der Waals surface area contributed by atoms with Crippen molar-refractivity contribution in [1.29, 1.82) is 0 Å². The van der Waals surface area contributed by atoms with Crippen LogP contribution in [0, 0.1) is 11.8 Å². The number of ether oxygens (including phenoxy) is 1. The summed E-state index contributed by atoms with van der Waals surface area (Å²) in [6, 6.07) is 10.4. The van der Waals surface area contributed by atoms with Gasteiger partial charge in [0.1, 0.15) is 23.6 Å². The summed E-state index contributed by atoms with van der Waals surface area (Å²) in [7, 11) is 0. The van der Waals surface area contributed by atoms with E-state index < -0.39 is 0 Å². The molecule has 3 rings (SSSR count). The molecule has 1 aromatic heterocycles. The van der Waals surface area contributed by atoms with E-state index in [-0.39, 0.29) is 18.3 Å². The number of nitrogens with one attached hydrogen (secondary N) is 1. The number of allylic oxidation sites excluding steroid dienone is 1. The van der Waals surface area contributed by atoms with Crippen LogP contribution in [-0.4, -0.2) is 22.6 Å². The standard InChI is InChI=1S/C20H17N3O3S/c1-2-5-18(25)22-14-7-3-8-15(12-14)26-9-4-6-13-10-16(24)19-17(11-13)27-20(21)23-19/h2-3,5,7-8,10-12,24H,9H2,1H3,(H2,21,23)(H,22,25)/b5-2+. The minimum Gasteiger partial charge on any atom is -0.506 e. The van der Waals surface area contributed by atoms with Crippen molar-refractivity contribution in [3.05, 3.63) is 54.1 Å². The van der Waals surface area contributed by atoms with Crippen LogP contribution in [0.2, 0.25) is 0 Å². The Kier molecular flexibility index (Phi) is 5.59. The van der Waals surface area contributed by atoms with Crippen LogP contribution in [0.1, 0.15) is 12.5 Å². The fourth-order valence-electron chi connectivity index (χ4n) is 2.36. The Morgan fingerprint density at radius 1 is 1.41 bits per heavy atom. The lowest BCUT2D eigenvalue weighted by Crippen LogP contribution is -2.07. The second-order valence-electron chi connectivity index (χ2n) is 5.50. The van der Waals surface area contributed by atoms with E-state index in [0.29, 0.717) is 27.6 Å². The Balaban J connectivity index is 1.64. The summed E-state index contributed by atoms with van der Waals surface area (Å²) in [6.07, 6.45) is 3.11. The van der Waals surface area contributed by atoms with Crippen molar-refractivity contribution < 1.29 is 14.6 Å². The van der Waals surface area contributed by atoms with Crippen LogP contribution in [0.15, 0.2) is 48.6 Å². The van der Waals surface area contributed by atoms with E-state index in [0.717, 1.165) is 4.70 Å². The summed E-state index contributed by atoms with van der Waals surface area (Å²) in [5.74, 6) is 6.29. The highest BCUT2D eigenvalue weighted by Crippen LogP contribution is 2.31. The molecule has 0 saturated heterocycles. The topological polar surface area (TPSA) is 97.5 Å². The number of aromatic nitrogens is 1. The van der Waals surface area contributed by atoms with Gasteiger partial charge in [-0.25, -0.2) is 4.98 Å². The third kappa shape index (κ3) is 4.77. The zero-order valence-electron chi connectivity index (χ0n) is 14.5. The zero-order chi connectivity index (χ0) is 19.2. The molecule has 6 nitrogen and oxygen atoms in total. The van der Waals surface area contributed by atoms with E-state index in [2.05, 4.69) is 22.1 Å². The van der Waals surface area contributed by atoms with Crippen molar-refractivity contribution in [3.8, 4) is 23.3 Å². The Morgan fingerprint density at radius 2 is 2.26 bits per heavy atom. The van der Waals surface area contributed by atoms with Gasteiger partial charge in [0.25, 0.3) is 0 Å². The zero-order valence-corrected chi connectivity index (χ0v) is 15.3. The van der Waals surface area contributed by atoms with Crippen molar-refractivity contribution in [1.82, 2.24) is 4.98 Å². The van der Waals surface area contributed by atoms with Gasteiger partial charge in [-0.1, -0.05) is 35.3 Å². The SMILES string of the molecule is C/C=C/C(=O)Nc1cccc(OCC#Cc2cc(O)c3nc(N)sc3c2)c1. The first kappa shape index (κ1) is 18.3. The molecular formula is C20H17N3O3S. The molecule has 0 radical (unpaired) electrons. The van der Waals surface area contributed by atoms with Gasteiger partial charge in [0.05, 0.1) is 4.70 Å². The van der Waals surface area contributed by atoms with Gasteiger partial charge in [-0.2, -0.15) is 0 Å². The van der Waals surface area contributed by atoms with Gasteiger partial charge in [-0.15, -0.1) is 0 Å². The van der Waals surface area contributed by atoms with Crippen molar-refractivity contribution >= 4 is 38.3 Å². The smallest absolute Gasteiger partial charge is 0.248 e. The number of rotatable bonds is 4.